The van der Waals surface area contributed by atoms with Gasteiger partial charge in [0.05, 0.1) is 39.5 Å². The van der Waals surface area contributed by atoms with Gasteiger partial charge in [0, 0.05) is 18.7 Å². The fourth-order valence-corrected chi connectivity index (χ4v) is 5.52. The molecule has 20 heteroatoms. The topological polar surface area (TPSA) is 230 Å². The fourth-order valence-electron chi connectivity index (χ4n) is 5.52. The van der Waals surface area contributed by atoms with Gasteiger partial charge in [-0.2, -0.15) is 0 Å². The van der Waals surface area contributed by atoms with Crippen molar-refractivity contribution in [3.05, 3.63) is 70.8 Å². The molecule has 3 saturated heterocycles. The lowest BCUT2D eigenvalue weighted by Crippen LogP contribution is -2.87. The highest BCUT2D eigenvalue weighted by atomic mass is 19.1. The molecule has 3 heterocycles. The minimum absolute atomic E-state index is 0.0138. The van der Waals surface area contributed by atoms with E-state index >= 15 is 4.39 Å². The van der Waals surface area contributed by atoms with Crippen molar-refractivity contribution in [1.82, 2.24) is 15.1 Å². The highest BCUT2D eigenvalue weighted by molar-refractivity contribution is 6.40. The van der Waals surface area contributed by atoms with Gasteiger partial charge in [0.15, 0.2) is 0 Å². The summed E-state index contributed by atoms with van der Waals surface area (Å²) in [6.45, 7) is 7.63. The first-order valence-corrected chi connectivity index (χ1v) is 14.3. The number of ether oxygens (including phenoxy) is 2. The molecule has 3 fully saturated rings. The molecule has 3 amide bonds. The Hall–Kier alpha value is -3.32. The third-order valence-electron chi connectivity index (χ3n) is 8.29. The molecule has 0 bridgehead atoms. The van der Waals surface area contributed by atoms with Crippen molar-refractivity contribution in [3.8, 4) is 0 Å². The second kappa shape index (κ2) is 12.2. The van der Waals surface area contributed by atoms with Crippen LogP contribution in [0.15, 0.2) is 53.8 Å². The molecule has 4 atom stereocenters. The van der Waals surface area contributed by atoms with E-state index in [2.05, 4.69) is 6.58 Å². The van der Waals surface area contributed by atoms with Gasteiger partial charge in [-0.25, -0.2) is 9.29 Å². The predicted molar refractivity (Wildman–Crippen MR) is 163 cm³/mol. The maximum absolute atomic E-state index is 15.5. The third kappa shape index (κ3) is 5.64. The van der Waals surface area contributed by atoms with E-state index in [1.165, 1.54) is 17.5 Å². The molecule has 1 aromatic carbocycles. The van der Waals surface area contributed by atoms with Crippen LogP contribution in [0.5, 0.6) is 0 Å². The van der Waals surface area contributed by atoms with Gasteiger partial charge in [0.25, 0.3) is 23.6 Å². The van der Waals surface area contributed by atoms with Crippen LogP contribution >= 0.6 is 0 Å². The van der Waals surface area contributed by atoms with Crippen LogP contribution in [-0.2, 0) is 35.2 Å². The number of imide groups is 1. The normalized spacial score (nSPS) is 31.4. The number of halogens is 1. The molecular formula is C28H30B4FN3O12. The molecule has 0 aromatic heterocycles. The lowest BCUT2D eigenvalue weighted by atomic mass is 9.51. The van der Waals surface area contributed by atoms with Crippen LogP contribution in [0.2, 0.25) is 0 Å². The van der Waals surface area contributed by atoms with Crippen LogP contribution in [-0.4, -0.2) is 143 Å². The number of nitrogens with zero attached hydrogens (tertiary/aromatic N) is 2. The van der Waals surface area contributed by atoms with Gasteiger partial charge in [-0.05, 0) is 42.5 Å². The molecule has 48 heavy (non-hydrogen) atoms. The van der Waals surface area contributed by atoms with E-state index in [0.29, 0.717) is 19.7 Å². The molecule has 1 aromatic rings. The number of hydrogen-bond donors (Lipinski definition) is 8. The van der Waals surface area contributed by atoms with Gasteiger partial charge in [0.1, 0.15) is 38.3 Å². The van der Waals surface area contributed by atoms with E-state index in [1.54, 1.807) is 18.7 Å². The summed E-state index contributed by atoms with van der Waals surface area (Å²) in [6.07, 6.45) is 2.06. The van der Waals surface area contributed by atoms with Crippen molar-refractivity contribution in [2.45, 2.75) is 60.3 Å². The number of benzene rings is 1. The standard InChI is InChI=1S/C28H30B4FN3O12/c1-4-5-6-18(48-27(44,45)16-8-7-15(11-17(16)33)25(30,31)35-9-10-47-13(2)12-35)19-14(3)20(37)36(26(19,42)43)24(41)22(39)34-21(38)23(29,40)28(24,32)46/h5-8,11,13,40-46H,3-4,9-10,12H2,1-2H3,(H,34,38,39)/b6-5-,19-18-. The summed E-state index contributed by atoms with van der Waals surface area (Å²) in [5.74, 6) is -15.6. The van der Waals surface area contributed by atoms with Gasteiger partial charge in [-0.1, -0.05) is 25.6 Å². The fraction of sp³-hybridized carbons (Fsp3) is 0.464. The van der Waals surface area contributed by atoms with Gasteiger partial charge < -0.3 is 50.1 Å². The Morgan fingerprint density at radius 2 is 1.79 bits per heavy atom. The smallest absolute Gasteiger partial charge is 0.354 e. The molecule has 4 unspecified atom stereocenters. The third-order valence-corrected chi connectivity index (χ3v) is 8.29. The number of carbonyl (C=O) groups is 3. The minimum atomic E-state index is -4.12. The van der Waals surface area contributed by atoms with Gasteiger partial charge in [-0.15, -0.1) is 0 Å². The molecule has 0 spiro atoms. The van der Waals surface area contributed by atoms with Gasteiger partial charge in [-0.3, -0.25) is 19.7 Å². The Balaban J connectivity index is 1.80. The zero-order valence-electron chi connectivity index (χ0n) is 25.8. The largest absolute Gasteiger partial charge is 0.435 e. The van der Waals surface area contributed by atoms with Crippen LogP contribution in [0.4, 0.5) is 4.39 Å². The van der Waals surface area contributed by atoms with Crippen molar-refractivity contribution >= 4 is 49.1 Å². The Morgan fingerprint density at radius 1 is 1.17 bits per heavy atom. The quantitative estimate of drug-likeness (QED) is 0.0432. The van der Waals surface area contributed by atoms with E-state index in [1.807, 2.05) is 0 Å². The molecule has 3 aliphatic heterocycles. The molecule has 0 saturated carbocycles. The predicted octanol–water partition coefficient (Wildman–Crippen LogP) is -4.58. The van der Waals surface area contributed by atoms with Crippen LogP contribution < -0.4 is 5.32 Å². The molecular weight excluding hydrogens is 633 g/mol. The molecule has 3 aliphatic rings. The Bertz CT molecular complexity index is 1620. The summed E-state index contributed by atoms with van der Waals surface area (Å²) in [6, 6.07) is 2.85. The van der Waals surface area contributed by atoms with Crippen LogP contribution in [0.3, 0.4) is 0 Å². The molecule has 8 radical (unpaired) electrons. The minimum Gasteiger partial charge on any atom is -0.435 e. The summed E-state index contributed by atoms with van der Waals surface area (Å²) < 4.78 is 26.2. The highest BCUT2D eigenvalue weighted by Crippen LogP contribution is 2.47. The maximum Gasteiger partial charge on any atom is 0.354 e. The molecule has 0 aliphatic carbocycles. The summed E-state index contributed by atoms with van der Waals surface area (Å²) in [5, 5.41) is 76.5. The Kier molecular flexibility index (Phi) is 9.55. The van der Waals surface area contributed by atoms with E-state index < -0.39 is 84.9 Å². The first-order chi connectivity index (χ1) is 21.9. The number of rotatable bonds is 8. The molecule has 4 rings (SSSR count). The summed E-state index contributed by atoms with van der Waals surface area (Å²) in [7, 11) is 23.5. The van der Waals surface area contributed by atoms with Crippen molar-refractivity contribution in [2.24, 2.45) is 0 Å². The van der Waals surface area contributed by atoms with Crippen LogP contribution in [0, 0.1) is 5.82 Å². The average molecular weight is 663 g/mol. The lowest BCUT2D eigenvalue weighted by molar-refractivity contribution is -0.336. The van der Waals surface area contributed by atoms with Crippen LogP contribution in [0.25, 0.3) is 0 Å². The number of allylic oxidation sites excluding steroid dienone is 2. The molecule has 248 valence electrons. The first kappa shape index (κ1) is 37.5. The van der Waals surface area contributed by atoms with E-state index in [4.69, 9.17) is 40.9 Å². The Morgan fingerprint density at radius 3 is 2.35 bits per heavy atom. The van der Waals surface area contributed by atoms with E-state index in [9.17, 15) is 50.1 Å². The number of hydrogen-bond acceptors (Lipinski definition) is 13. The maximum atomic E-state index is 15.5. The SMILES string of the molecule is [B]C([B])(c1ccc(C(O)(O)OC(/C=C\CC)=C2/C(=C)C(=O)N(C3(O)C(=O)NC(=O)C([B])(O)C3([B])O)C2(O)O)c(F)c1)N1CCOC(C)C1. The summed E-state index contributed by atoms with van der Waals surface area (Å²) in [4.78, 5) is 39.3. The number of morpholine rings is 1. The van der Waals surface area contributed by atoms with Gasteiger partial charge in [0.2, 0.25) is 5.72 Å². The van der Waals surface area contributed by atoms with E-state index in [0.717, 1.165) is 18.2 Å². The zero-order valence-corrected chi connectivity index (χ0v) is 25.8. The molecule has 8 N–H and O–H groups in total. The number of likely N-dealkylation sites (tertiary alicyclic amines) is 1. The Labute approximate surface area is 278 Å². The van der Waals surface area contributed by atoms with Gasteiger partial charge >= 0.3 is 5.97 Å². The molecule has 15 nitrogen and oxygen atoms in total. The van der Waals surface area contributed by atoms with Crippen molar-refractivity contribution in [3.63, 3.8) is 0 Å². The second-order valence-electron chi connectivity index (χ2n) is 11.7. The monoisotopic (exact) mass is 663 g/mol. The number of amides is 3. The zero-order chi connectivity index (χ0) is 36.4. The first-order valence-electron chi connectivity index (χ1n) is 14.3. The van der Waals surface area contributed by atoms with Crippen molar-refractivity contribution in [2.75, 3.05) is 19.7 Å². The number of piperidine rings is 1. The highest BCUT2D eigenvalue weighted by Gasteiger charge is 2.75. The van der Waals surface area contributed by atoms with Crippen LogP contribution in [0.1, 0.15) is 31.4 Å². The van der Waals surface area contributed by atoms with Crippen molar-refractivity contribution in [1.29, 1.82) is 0 Å². The average Bonchev–Trinajstić information content (AvgIpc) is 3.16. The number of nitrogens with one attached hydrogen (secondary N) is 1. The number of carbonyl (C=O) groups excluding carboxylic acids is 3. The van der Waals surface area contributed by atoms with Crippen molar-refractivity contribution < 1.29 is 64.0 Å². The second-order valence-corrected chi connectivity index (χ2v) is 11.7. The lowest BCUT2D eigenvalue weighted by Gasteiger charge is -2.55. The number of aliphatic hydroxyl groups is 7. The summed E-state index contributed by atoms with van der Waals surface area (Å²) in [5.41, 5.74) is -15.0. The summed E-state index contributed by atoms with van der Waals surface area (Å²) >= 11 is 0. The van der Waals surface area contributed by atoms with E-state index in [-0.39, 0.29) is 18.1 Å².